The molecule has 0 radical (unpaired) electrons. The molecule has 3 N–H and O–H groups in total. The van der Waals surface area contributed by atoms with E-state index < -0.39 is 18.6 Å². The van der Waals surface area contributed by atoms with Crippen LogP contribution in [0.5, 0.6) is 5.75 Å². The zero-order valence-corrected chi connectivity index (χ0v) is 9.71. The number of fused-ring (bicyclic) bond motifs is 1. The number of nitrogens with one attached hydrogen (secondary N) is 1. The van der Waals surface area contributed by atoms with Gasteiger partial charge >= 0.3 is 6.18 Å². The van der Waals surface area contributed by atoms with Crippen molar-refractivity contribution in [2.24, 2.45) is 5.73 Å². The van der Waals surface area contributed by atoms with Gasteiger partial charge in [-0.1, -0.05) is 0 Å². The van der Waals surface area contributed by atoms with Crippen LogP contribution in [0, 0.1) is 0 Å². The molecule has 0 saturated carbocycles. The maximum absolute atomic E-state index is 12.3. The summed E-state index contributed by atoms with van der Waals surface area (Å²) in [7, 11) is 1.50. The summed E-state index contributed by atoms with van der Waals surface area (Å²) in [5, 5.41) is 0.658. The lowest BCUT2D eigenvalue weighted by atomic mass is 10.0. The molecular weight excluding hydrogens is 245 g/mol. The molecule has 0 fully saturated rings. The third kappa shape index (κ3) is 2.59. The van der Waals surface area contributed by atoms with Gasteiger partial charge in [-0.15, -0.1) is 0 Å². The van der Waals surface area contributed by atoms with Crippen LogP contribution < -0.4 is 10.5 Å². The van der Waals surface area contributed by atoms with E-state index in [1.165, 1.54) is 13.3 Å². The first-order chi connectivity index (χ1) is 8.40. The molecule has 98 valence electrons. The summed E-state index contributed by atoms with van der Waals surface area (Å²) < 4.78 is 42.0. The predicted octanol–water partition coefficient (Wildman–Crippen LogP) is 3.13. The van der Waals surface area contributed by atoms with E-state index in [1.54, 1.807) is 18.2 Å². The highest BCUT2D eigenvalue weighted by Gasteiger charge is 2.31. The second-order valence-electron chi connectivity index (χ2n) is 4.08. The van der Waals surface area contributed by atoms with E-state index >= 15 is 0 Å². The topological polar surface area (TPSA) is 51.0 Å². The van der Waals surface area contributed by atoms with E-state index in [2.05, 4.69) is 4.98 Å². The minimum atomic E-state index is -4.28. The molecular formula is C12H13F3N2O. The molecule has 6 heteroatoms. The van der Waals surface area contributed by atoms with Gasteiger partial charge in [0.15, 0.2) is 0 Å². The number of aromatic nitrogens is 1. The average molecular weight is 258 g/mol. The van der Waals surface area contributed by atoms with Crippen LogP contribution in [-0.2, 0) is 0 Å². The van der Waals surface area contributed by atoms with Gasteiger partial charge in [0.05, 0.1) is 13.5 Å². The van der Waals surface area contributed by atoms with Crippen molar-refractivity contribution in [3.05, 3.63) is 30.0 Å². The molecule has 1 atom stereocenters. The van der Waals surface area contributed by atoms with Crippen molar-refractivity contribution in [3.63, 3.8) is 0 Å². The standard InChI is InChI=1S/C12H13F3N2O/c1-18-7-2-3-11-8(4-7)9(6-17-11)10(16)5-12(13,14)15/h2-4,6,10,17H,5,16H2,1H3/t10-/m1/s1. The quantitative estimate of drug-likeness (QED) is 0.888. The van der Waals surface area contributed by atoms with Crippen molar-refractivity contribution in [2.75, 3.05) is 7.11 Å². The fourth-order valence-corrected chi connectivity index (χ4v) is 1.91. The Bertz CT molecular complexity index is 548. The Kier molecular flexibility index (Phi) is 3.21. The van der Waals surface area contributed by atoms with Crippen LogP contribution in [0.3, 0.4) is 0 Å². The van der Waals surface area contributed by atoms with E-state index in [4.69, 9.17) is 10.5 Å². The highest BCUT2D eigenvalue weighted by atomic mass is 19.4. The molecule has 0 aliphatic heterocycles. The normalized spacial score (nSPS) is 13.8. The fraction of sp³-hybridized carbons (Fsp3) is 0.333. The lowest BCUT2D eigenvalue weighted by Crippen LogP contribution is -2.19. The predicted molar refractivity (Wildman–Crippen MR) is 62.5 cm³/mol. The SMILES string of the molecule is COc1ccc2[nH]cc([C@H](N)CC(F)(F)F)c2c1. The third-order valence-corrected chi connectivity index (χ3v) is 2.77. The lowest BCUT2D eigenvalue weighted by Gasteiger charge is -2.13. The highest BCUT2D eigenvalue weighted by molar-refractivity contribution is 5.85. The van der Waals surface area contributed by atoms with Crippen LogP contribution in [0.25, 0.3) is 10.9 Å². The van der Waals surface area contributed by atoms with Gasteiger partial charge in [-0.25, -0.2) is 0 Å². The molecule has 0 bridgehead atoms. The van der Waals surface area contributed by atoms with Crippen LogP contribution >= 0.6 is 0 Å². The number of hydrogen-bond acceptors (Lipinski definition) is 2. The van der Waals surface area contributed by atoms with E-state index in [1.807, 2.05) is 0 Å². The second kappa shape index (κ2) is 4.53. The summed E-state index contributed by atoms with van der Waals surface area (Å²) in [6.45, 7) is 0. The largest absolute Gasteiger partial charge is 0.497 e. The van der Waals surface area contributed by atoms with E-state index in [0.29, 0.717) is 16.7 Å². The van der Waals surface area contributed by atoms with Gasteiger partial charge in [0.2, 0.25) is 0 Å². The number of hydrogen-bond donors (Lipinski definition) is 2. The minimum absolute atomic E-state index is 0.446. The fourth-order valence-electron chi connectivity index (χ4n) is 1.91. The lowest BCUT2D eigenvalue weighted by molar-refractivity contribution is -0.138. The molecule has 1 aromatic heterocycles. The van der Waals surface area contributed by atoms with Crippen LogP contribution in [0.2, 0.25) is 0 Å². The van der Waals surface area contributed by atoms with E-state index in [9.17, 15) is 13.2 Å². The van der Waals surface area contributed by atoms with Gasteiger partial charge in [-0.05, 0) is 23.8 Å². The number of H-pyrrole nitrogens is 1. The number of rotatable bonds is 3. The average Bonchev–Trinajstić information content (AvgIpc) is 2.69. The third-order valence-electron chi connectivity index (χ3n) is 2.77. The number of benzene rings is 1. The summed E-state index contributed by atoms with van der Waals surface area (Å²) >= 11 is 0. The van der Waals surface area contributed by atoms with Gasteiger partial charge in [0.1, 0.15) is 5.75 Å². The number of nitrogens with two attached hydrogens (primary N) is 1. The van der Waals surface area contributed by atoms with E-state index in [-0.39, 0.29) is 0 Å². The molecule has 0 unspecified atom stereocenters. The van der Waals surface area contributed by atoms with Crippen LogP contribution in [-0.4, -0.2) is 18.3 Å². The van der Waals surface area contributed by atoms with Crippen molar-refractivity contribution in [2.45, 2.75) is 18.6 Å². The second-order valence-corrected chi connectivity index (χ2v) is 4.08. The number of ether oxygens (including phenoxy) is 1. The van der Waals surface area contributed by atoms with Crippen molar-refractivity contribution >= 4 is 10.9 Å². The van der Waals surface area contributed by atoms with Gasteiger partial charge in [0, 0.05) is 23.1 Å². The zero-order chi connectivity index (χ0) is 13.3. The molecule has 3 nitrogen and oxygen atoms in total. The summed E-state index contributed by atoms with van der Waals surface area (Å²) in [6.07, 6.45) is -3.81. The summed E-state index contributed by atoms with van der Waals surface area (Å²) in [6, 6.07) is 4.08. The molecule has 0 aliphatic rings. The molecule has 0 spiro atoms. The Labute approximate surface area is 102 Å². The Morgan fingerprint density at radius 3 is 2.72 bits per heavy atom. The van der Waals surface area contributed by atoms with Crippen LogP contribution in [0.1, 0.15) is 18.0 Å². The molecule has 1 aromatic carbocycles. The van der Waals surface area contributed by atoms with Crippen LogP contribution in [0.4, 0.5) is 13.2 Å². The Hall–Kier alpha value is -1.69. The van der Waals surface area contributed by atoms with Gasteiger partial charge in [0.25, 0.3) is 0 Å². The highest BCUT2D eigenvalue weighted by Crippen LogP contribution is 2.32. The van der Waals surface area contributed by atoms with Gasteiger partial charge in [-0.2, -0.15) is 13.2 Å². The summed E-state index contributed by atoms with van der Waals surface area (Å²) in [5.41, 5.74) is 6.79. The molecule has 2 rings (SSSR count). The smallest absolute Gasteiger partial charge is 0.390 e. The van der Waals surface area contributed by atoms with Crippen molar-refractivity contribution < 1.29 is 17.9 Å². The Morgan fingerprint density at radius 2 is 2.11 bits per heavy atom. The zero-order valence-electron chi connectivity index (χ0n) is 9.71. The van der Waals surface area contributed by atoms with E-state index in [0.717, 1.165) is 5.52 Å². The van der Waals surface area contributed by atoms with Gasteiger partial charge in [-0.3, -0.25) is 0 Å². The molecule has 1 heterocycles. The first kappa shape index (κ1) is 12.8. The van der Waals surface area contributed by atoms with Crippen molar-refractivity contribution in [3.8, 4) is 5.75 Å². The Balaban J connectivity index is 2.38. The number of aromatic amines is 1. The molecule has 18 heavy (non-hydrogen) atoms. The summed E-state index contributed by atoms with van der Waals surface area (Å²) in [5.74, 6) is 0.586. The van der Waals surface area contributed by atoms with Gasteiger partial charge < -0.3 is 15.5 Å². The Morgan fingerprint density at radius 1 is 1.39 bits per heavy atom. The monoisotopic (exact) mass is 258 g/mol. The number of methoxy groups -OCH3 is 1. The molecule has 0 saturated heterocycles. The first-order valence-corrected chi connectivity index (χ1v) is 5.38. The number of alkyl halides is 3. The van der Waals surface area contributed by atoms with Crippen molar-refractivity contribution in [1.29, 1.82) is 0 Å². The number of halogens is 3. The molecule has 0 amide bonds. The first-order valence-electron chi connectivity index (χ1n) is 5.38. The van der Waals surface area contributed by atoms with Crippen molar-refractivity contribution in [1.82, 2.24) is 4.98 Å². The molecule has 0 aliphatic carbocycles. The maximum Gasteiger partial charge on any atom is 0.390 e. The van der Waals surface area contributed by atoms with Crippen LogP contribution in [0.15, 0.2) is 24.4 Å². The molecule has 2 aromatic rings. The summed E-state index contributed by atoms with van der Waals surface area (Å²) in [4.78, 5) is 2.90. The maximum atomic E-state index is 12.3. The minimum Gasteiger partial charge on any atom is -0.497 e.